The fourth-order valence-corrected chi connectivity index (χ4v) is 1.49. The number of aromatic nitrogens is 2. The third-order valence-corrected chi connectivity index (χ3v) is 2.30. The molecule has 0 saturated heterocycles. The first kappa shape index (κ1) is 10.5. The van der Waals surface area contributed by atoms with E-state index < -0.39 is 0 Å². The number of aryl methyl sites for hydroxylation is 2. The number of imidazole rings is 1. The Morgan fingerprint density at radius 2 is 2.06 bits per heavy atom. The molecule has 0 unspecified atom stereocenters. The van der Waals surface area contributed by atoms with Gasteiger partial charge in [-0.05, 0) is 24.8 Å². The van der Waals surface area contributed by atoms with E-state index >= 15 is 0 Å². The molecular formula is C14H14N2. The summed E-state index contributed by atoms with van der Waals surface area (Å²) >= 11 is 0. The van der Waals surface area contributed by atoms with Gasteiger partial charge in [-0.15, -0.1) is 0 Å². The van der Waals surface area contributed by atoms with Gasteiger partial charge in [-0.25, -0.2) is 4.98 Å². The fourth-order valence-electron chi connectivity index (χ4n) is 1.49. The van der Waals surface area contributed by atoms with Crippen molar-refractivity contribution in [1.82, 2.24) is 9.97 Å². The molecule has 0 aliphatic carbocycles. The van der Waals surface area contributed by atoms with E-state index in [2.05, 4.69) is 46.1 Å². The second kappa shape index (κ2) is 5.18. The molecule has 0 spiro atoms. The van der Waals surface area contributed by atoms with Gasteiger partial charge in [-0.3, -0.25) is 0 Å². The molecule has 0 amide bonds. The average molecular weight is 210 g/mol. The first-order valence-electron chi connectivity index (χ1n) is 5.39. The summed E-state index contributed by atoms with van der Waals surface area (Å²) in [5.41, 5.74) is 2.15. The summed E-state index contributed by atoms with van der Waals surface area (Å²) in [6.07, 6.45) is 3.71. The van der Waals surface area contributed by atoms with E-state index in [1.165, 1.54) is 5.56 Å². The zero-order valence-corrected chi connectivity index (χ0v) is 9.33. The Hall–Kier alpha value is -2.01. The van der Waals surface area contributed by atoms with Crippen LogP contribution in [0.5, 0.6) is 0 Å². The first-order valence-corrected chi connectivity index (χ1v) is 5.39. The Balaban J connectivity index is 1.87. The Morgan fingerprint density at radius 1 is 1.25 bits per heavy atom. The zero-order valence-electron chi connectivity index (χ0n) is 9.33. The van der Waals surface area contributed by atoms with Crippen LogP contribution in [0.2, 0.25) is 0 Å². The number of hydrogen-bond donors (Lipinski definition) is 1. The number of benzene rings is 1. The van der Waals surface area contributed by atoms with Crippen LogP contribution in [-0.2, 0) is 6.42 Å². The van der Waals surface area contributed by atoms with E-state index in [1.807, 2.05) is 19.2 Å². The van der Waals surface area contributed by atoms with Crippen LogP contribution in [-0.4, -0.2) is 9.97 Å². The van der Waals surface area contributed by atoms with E-state index in [1.54, 1.807) is 0 Å². The molecule has 16 heavy (non-hydrogen) atoms. The molecule has 0 aliphatic heterocycles. The molecule has 1 aromatic heterocycles. The van der Waals surface area contributed by atoms with Gasteiger partial charge in [-0.1, -0.05) is 36.3 Å². The van der Waals surface area contributed by atoms with Crippen molar-refractivity contribution in [3.8, 4) is 11.8 Å². The molecule has 0 saturated carbocycles. The molecule has 0 bridgehead atoms. The Morgan fingerprint density at radius 3 is 2.75 bits per heavy atom. The molecule has 2 aromatic rings. The van der Waals surface area contributed by atoms with Gasteiger partial charge in [0.2, 0.25) is 0 Å². The lowest BCUT2D eigenvalue weighted by Crippen LogP contribution is -1.82. The van der Waals surface area contributed by atoms with Crippen molar-refractivity contribution in [2.45, 2.75) is 19.8 Å². The zero-order chi connectivity index (χ0) is 11.2. The van der Waals surface area contributed by atoms with E-state index in [0.29, 0.717) is 0 Å². The van der Waals surface area contributed by atoms with Crippen LogP contribution in [0.1, 0.15) is 23.5 Å². The average Bonchev–Trinajstić information content (AvgIpc) is 2.72. The number of H-pyrrole nitrogens is 1. The fraction of sp³-hybridized carbons (Fsp3) is 0.214. The van der Waals surface area contributed by atoms with Crippen LogP contribution in [0.3, 0.4) is 0 Å². The minimum atomic E-state index is 0.825. The monoisotopic (exact) mass is 210 g/mol. The molecule has 1 aromatic carbocycles. The minimum Gasteiger partial charge on any atom is -0.348 e. The largest absolute Gasteiger partial charge is 0.348 e. The maximum absolute atomic E-state index is 4.23. The number of nitrogens with zero attached hydrogens (tertiary/aromatic N) is 1. The van der Waals surface area contributed by atoms with Crippen LogP contribution in [0.4, 0.5) is 0 Å². The van der Waals surface area contributed by atoms with Crippen molar-refractivity contribution in [2.75, 3.05) is 0 Å². The van der Waals surface area contributed by atoms with Crippen LogP contribution in [0.25, 0.3) is 0 Å². The molecule has 2 nitrogen and oxygen atoms in total. The van der Waals surface area contributed by atoms with E-state index in [0.717, 1.165) is 24.4 Å². The minimum absolute atomic E-state index is 0.825. The molecule has 0 radical (unpaired) electrons. The quantitative estimate of drug-likeness (QED) is 0.758. The maximum atomic E-state index is 4.23. The lowest BCUT2D eigenvalue weighted by molar-refractivity contribution is 1.03. The highest BCUT2D eigenvalue weighted by Crippen LogP contribution is 2.01. The maximum Gasteiger partial charge on any atom is 0.131 e. The first-order chi connectivity index (χ1) is 7.84. The van der Waals surface area contributed by atoms with Crippen molar-refractivity contribution >= 4 is 0 Å². The summed E-state index contributed by atoms with van der Waals surface area (Å²) in [6, 6.07) is 10.4. The summed E-state index contributed by atoms with van der Waals surface area (Å²) in [5.74, 6) is 7.08. The van der Waals surface area contributed by atoms with Crippen molar-refractivity contribution in [3.05, 3.63) is 53.6 Å². The molecule has 2 rings (SSSR count). The molecule has 2 heteroatoms. The van der Waals surface area contributed by atoms with Gasteiger partial charge < -0.3 is 4.98 Å². The highest BCUT2D eigenvalue weighted by atomic mass is 14.9. The van der Waals surface area contributed by atoms with E-state index in [-0.39, 0.29) is 0 Å². The highest BCUT2D eigenvalue weighted by molar-refractivity contribution is 5.26. The number of rotatable bonds is 2. The van der Waals surface area contributed by atoms with E-state index in [9.17, 15) is 0 Å². The standard InChI is InChI=1S/C14H14N2/c1-12-15-11-14(16-12)10-6-5-9-13-7-3-2-4-8-13/h2-4,7-8,11H,5,9H2,1H3,(H,15,16). The van der Waals surface area contributed by atoms with Gasteiger partial charge in [0.15, 0.2) is 0 Å². The number of aromatic amines is 1. The summed E-state index contributed by atoms with van der Waals surface area (Å²) in [5, 5.41) is 0. The SMILES string of the molecule is Cc1nc(C#CCCc2ccccc2)c[nH]1. The van der Waals surface area contributed by atoms with Crippen molar-refractivity contribution in [1.29, 1.82) is 0 Å². The van der Waals surface area contributed by atoms with Crippen LogP contribution < -0.4 is 0 Å². The second-order valence-corrected chi connectivity index (χ2v) is 3.66. The summed E-state index contributed by atoms with van der Waals surface area (Å²) < 4.78 is 0. The van der Waals surface area contributed by atoms with Gasteiger partial charge in [0, 0.05) is 12.6 Å². The lowest BCUT2D eigenvalue weighted by atomic mass is 10.1. The Bertz CT molecular complexity index is 500. The summed E-state index contributed by atoms with van der Waals surface area (Å²) in [7, 11) is 0. The Labute approximate surface area is 95.7 Å². The van der Waals surface area contributed by atoms with Gasteiger partial charge in [-0.2, -0.15) is 0 Å². The molecule has 80 valence electrons. The number of nitrogens with one attached hydrogen (secondary N) is 1. The molecule has 0 fully saturated rings. The number of hydrogen-bond acceptors (Lipinski definition) is 1. The molecule has 1 heterocycles. The second-order valence-electron chi connectivity index (χ2n) is 3.66. The van der Waals surface area contributed by atoms with E-state index in [4.69, 9.17) is 0 Å². The summed E-state index contributed by atoms with van der Waals surface area (Å²) in [6.45, 7) is 1.93. The lowest BCUT2D eigenvalue weighted by Gasteiger charge is -1.94. The Kier molecular flexibility index (Phi) is 3.40. The van der Waals surface area contributed by atoms with Gasteiger partial charge in [0.1, 0.15) is 11.5 Å². The summed E-state index contributed by atoms with van der Waals surface area (Å²) in [4.78, 5) is 7.24. The van der Waals surface area contributed by atoms with Crippen LogP contribution >= 0.6 is 0 Å². The smallest absolute Gasteiger partial charge is 0.131 e. The third kappa shape index (κ3) is 2.99. The predicted molar refractivity (Wildman–Crippen MR) is 65.0 cm³/mol. The normalized spacial score (nSPS) is 9.56. The molecule has 1 N–H and O–H groups in total. The molecule has 0 aliphatic rings. The molecule has 0 atom stereocenters. The van der Waals surface area contributed by atoms with Crippen molar-refractivity contribution in [3.63, 3.8) is 0 Å². The predicted octanol–water partition coefficient (Wildman–Crippen LogP) is 2.70. The highest BCUT2D eigenvalue weighted by Gasteiger charge is 1.91. The van der Waals surface area contributed by atoms with Crippen molar-refractivity contribution in [2.24, 2.45) is 0 Å². The van der Waals surface area contributed by atoms with Crippen LogP contribution in [0.15, 0.2) is 36.5 Å². The topological polar surface area (TPSA) is 28.7 Å². The molecular weight excluding hydrogens is 196 g/mol. The van der Waals surface area contributed by atoms with Gasteiger partial charge >= 0.3 is 0 Å². The van der Waals surface area contributed by atoms with Gasteiger partial charge in [0.25, 0.3) is 0 Å². The van der Waals surface area contributed by atoms with Gasteiger partial charge in [0.05, 0.1) is 0 Å². The third-order valence-electron chi connectivity index (χ3n) is 2.30. The van der Waals surface area contributed by atoms with Crippen molar-refractivity contribution < 1.29 is 0 Å². The van der Waals surface area contributed by atoms with Crippen LogP contribution in [0, 0.1) is 18.8 Å².